The van der Waals surface area contributed by atoms with E-state index in [1.807, 2.05) is 48.5 Å². The maximum atomic E-state index is 12.5. The minimum absolute atomic E-state index is 0.0109. The van der Waals surface area contributed by atoms with E-state index in [-0.39, 0.29) is 17.4 Å². The van der Waals surface area contributed by atoms with Gasteiger partial charge in [0, 0.05) is 22.7 Å². The first kappa shape index (κ1) is 22.0. The van der Waals surface area contributed by atoms with Crippen LogP contribution in [0.5, 0.6) is 0 Å². The first-order valence-corrected chi connectivity index (χ1v) is 11.4. The molecule has 1 aliphatic rings. The summed E-state index contributed by atoms with van der Waals surface area (Å²) in [6.07, 6.45) is 0.515. The molecule has 1 aliphatic heterocycles. The summed E-state index contributed by atoms with van der Waals surface area (Å²) in [5, 5.41) is 4.34. The Balaban J connectivity index is 1.48. The molecule has 0 unspecified atom stereocenters. The standard InChI is InChI=1S/C25H20ClN3O2S/c1-16(30)17-8-12-20(13-9-17)27-24(31)15-32-25-14-23(18-6-10-19(26)11-7-18)28-21-4-2-3-5-22(21)29-25/h2-13H,14-15H2,1H3,(H,27,31). The highest BCUT2D eigenvalue weighted by molar-refractivity contribution is 8.14. The average molecular weight is 462 g/mol. The molecule has 1 heterocycles. The maximum Gasteiger partial charge on any atom is 0.234 e. The molecule has 4 rings (SSSR count). The van der Waals surface area contributed by atoms with Crippen LogP contribution in [0.3, 0.4) is 0 Å². The van der Waals surface area contributed by atoms with Gasteiger partial charge in [0.15, 0.2) is 5.78 Å². The van der Waals surface area contributed by atoms with Crippen LogP contribution in [0.15, 0.2) is 82.8 Å². The predicted octanol–water partition coefficient (Wildman–Crippen LogP) is 6.47. The second kappa shape index (κ2) is 9.94. The Morgan fingerprint density at radius 1 is 0.938 bits per heavy atom. The molecule has 1 amide bonds. The summed E-state index contributed by atoms with van der Waals surface area (Å²) >= 11 is 7.43. The highest BCUT2D eigenvalue weighted by Gasteiger charge is 2.16. The molecule has 7 heteroatoms. The van der Waals surface area contributed by atoms with Gasteiger partial charge in [0.1, 0.15) is 0 Å². The lowest BCUT2D eigenvalue weighted by molar-refractivity contribution is -0.113. The zero-order chi connectivity index (χ0) is 22.5. The van der Waals surface area contributed by atoms with Gasteiger partial charge in [0.05, 0.1) is 27.9 Å². The Labute approximate surface area is 195 Å². The van der Waals surface area contributed by atoms with E-state index in [2.05, 4.69) is 5.32 Å². The summed E-state index contributed by atoms with van der Waals surface area (Å²) < 4.78 is 0. The number of anilines is 1. The molecule has 0 spiro atoms. The molecule has 160 valence electrons. The van der Waals surface area contributed by atoms with Crippen LogP contribution in [0.1, 0.15) is 29.3 Å². The van der Waals surface area contributed by atoms with Gasteiger partial charge in [0.25, 0.3) is 0 Å². The van der Waals surface area contributed by atoms with Gasteiger partial charge < -0.3 is 5.32 Å². The SMILES string of the molecule is CC(=O)c1ccc(NC(=O)CSC2=Nc3ccccc3N=C(c3ccc(Cl)cc3)C2)cc1. The number of carbonyl (C=O) groups excluding carboxylic acids is 2. The molecule has 5 nitrogen and oxygen atoms in total. The van der Waals surface area contributed by atoms with Crippen molar-refractivity contribution in [2.24, 2.45) is 9.98 Å². The second-order valence-electron chi connectivity index (χ2n) is 7.21. The third-order valence-corrected chi connectivity index (χ3v) is 6.05. The Morgan fingerprint density at radius 2 is 1.59 bits per heavy atom. The number of halogens is 1. The van der Waals surface area contributed by atoms with E-state index in [0.29, 0.717) is 22.7 Å². The lowest BCUT2D eigenvalue weighted by Gasteiger charge is -2.09. The third kappa shape index (κ3) is 5.52. The summed E-state index contributed by atoms with van der Waals surface area (Å²) in [5.41, 5.74) is 4.67. The van der Waals surface area contributed by atoms with Crippen LogP contribution in [-0.2, 0) is 4.79 Å². The monoisotopic (exact) mass is 461 g/mol. The van der Waals surface area contributed by atoms with Gasteiger partial charge in [-0.2, -0.15) is 0 Å². The largest absolute Gasteiger partial charge is 0.325 e. The van der Waals surface area contributed by atoms with E-state index >= 15 is 0 Å². The van der Waals surface area contributed by atoms with Gasteiger partial charge in [-0.15, -0.1) is 11.8 Å². The molecule has 0 fully saturated rings. The van der Waals surface area contributed by atoms with Gasteiger partial charge in [-0.25, -0.2) is 4.99 Å². The molecular formula is C25H20ClN3O2S. The molecule has 0 aliphatic carbocycles. The fourth-order valence-corrected chi connectivity index (χ4v) is 4.08. The number of aliphatic imine (C=N–C) groups is 2. The number of fused-ring (bicyclic) bond motifs is 1. The van der Waals surface area contributed by atoms with Crippen LogP contribution < -0.4 is 5.32 Å². The van der Waals surface area contributed by atoms with E-state index in [1.165, 1.54) is 18.7 Å². The van der Waals surface area contributed by atoms with E-state index in [0.717, 1.165) is 27.7 Å². The zero-order valence-electron chi connectivity index (χ0n) is 17.3. The summed E-state index contributed by atoms with van der Waals surface area (Å²) in [6, 6.07) is 22.1. The lowest BCUT2D eigenvalue weighted by Crippen LogP contribution is -2.16. The molecule has 0 radical (unpaired) electrons. The van der Waals surface area contributed by atoms with E-state index in [9.17, 15) is 9.59 Å². The smallest absolute Gasteiger partial charge is 0.234 e. The fourth-order valence-electron chi connectivity index (χ4n) is 3.18. The van der Waals surface area contributed by atoms with Crippen molar-refractivity contribution < 1.29 is 9.59 Å². The number of Topliss-reactive ketones (excluding diaryl/α,β-unsaturated/α-hetero) is 1. The topological polar surface area (TPSA) is 70.9 Å². The number of rotatable bonds is 5. The second-order valence-corrected chi connectivity index (χ2v) is 8.69. The van der Waals surface area contributed by atoms with Gasteiger partial charge in [-0.1, -0.05) is 35.9 Å². The van der Waals surface area contributed by atoms with Crippen LogP contribution in [0.2, 0.25) is 5.02 Å². The number of hydrogen-bond donors (Lipinski definition) is 1. The summed E-state index contributed by atoms with van der Waals surface area (Å²) in [6.45, 7) is 1.51. The highest BCUT2D eigenvalue weighted by Crippen LogP contribution is 2.33. The van der Waals surface area contributed by atoms with Crippen LogP contribution in [0.25, 0.3) is 0 Å². The van der Waals surface area contributed by atoms with Crippen molar-refractivity contribution in [3.8, 4) is 0 Å². The number of carbonyl (C=O) groups is 2. The van der Waals surface area contributed by atoms with Crippen LogP contribution in [-0.4, -0.2) is 28.2 Å². The van der Waals surface area contributed by atoms with Crippen molar-refractivity contribution in [1.82, 2.24) is 0 Å². The summed E-state index contributed by atoms with van der Waals surface area (Å²) in [4.78, 5) is 33.5. The molecule has 0 aromatic heterocycles. The first-order valence-electron chi connectivity index (χ1n) is 10.0. The number of amides is 1. The van der Waals surface area contributed by atoms with Crippen LogP contribution in [0, 0.1) is 0 Å². The molecule has 32 heavy (non-hydrogen) atoms. The van der Waals surface area contributed by atoms with Gasteiger partial charge in [-0.05, 0) is 61.0 Å². The molecule has 3 aromatic rings. The van der Waals surface area contributed by atoms with E-state index in [1.54, 1.807) is 24.3 Å². The molecule has 0 saturated heterocycles. The highest BCUT2D eigenvalue weighted by atomic mass is 35.5. The fraction of sp³-hybridized carbons (Fsp3) is 0.120. The molecular weight excluding hydrogens is 442 g/mol. The van der Waals surface area contributed by atoms with Crippen molar-refractivity contribution >= 4 is 62.9 Å². The van der Waals surface area contributed by atoms with Crippen LogP contribution >= 0.6 is 23.4 Å². The minimum Gasteiger partial charge on any atom is -0.325 e. The summed E-state index contributed by atoms with van der Waals surface area (Å²) in [5.74, 6) is 0.0580. The minimum atomic E-state index is -0.143. The Hall–Kier alpha value is -3.22. The molecule has 0 atom stereocenters. The third-order valence-electron chi connectivity index (χ3n) is 4.82. The molecule has 0 bridgehead atoms. The van der Waals surface area contributed by atoms with Gasteiger partial charge in [-0.3, -0.25) is 14.6 Å². The Kier molecular flexibility index (Phi) is 6.83. The van der Waals surface area contributed by atoms with Crippen molar-refractivity contribution in [2.45, 2.75) is 13.3 Å². The number of hydrogen-bond acceptors (Lipinski definition) is 5. The molecule has 0 saturated carbocycles. The van der Waals surface area contributed by atoms with Crippen molar-refractivity contribution in [3.05, 3.63) is 88.9 Å². The number of benzene rings is 3. The molecule has 3 aromatic carbocycles. The number of nitrogens with one attached hydrogen (secondary N) is 1. The Bertz CT molecular complexity index is 1220. The number of thioether (sulfide) groups is 1. The number of para-hydroxylation sites is 2. The molecule has 1 N–H and O–H groups in total. The van der Waals surface area contributed by atoms with E-state index in [4.69, 9.17) is 21.6 Å². The Morgan fingerprint density at radius 3 is 2.25 bits per heavy atom. The quantitative estimate of drug-likeness (QED) is 0.442. The normalized spacial score (nSPS) is 12.8. The average Bonchev–Trinajstić information content (AvgIpc) is 2.98. The summed E-state index contributed by atoms with van der Waals surface area (Å²) in [7, 11) is 0. The predicted molar refractivity (Wildman–Crippen MR) is 133 cm³/mol. The number of nitrogens with zero attached hydrogens (tertiary/aromatic N) is 2. The van der Waals surface area contributed by atoms with Crippen molar-refractivity contribution in [2.75, 3.05) is 11.1 Å². The number of ketones is 1. The van der Waals surface area contributed by atoms with E-state index < -0.39 is 0 Å². The zero-order valence-corrected chi connectivity index (χ0v) is 18.9. The van der Waals surface area contributed by atoms with Crippen LogP contribution in [0.4, 0.5) is 17.1 Å². The van der Waals surface area contributed by atoms with Gasteiger partial charge >= 0.3 is 0 Å². The lowest BCUT2D eigenvalue weighted by atomic mass is 10.1. The maximum absolute atomic E-state index is 12.5. The first-order chi connectivity index (χ1) is 15.5. The van der Waals surface area contributed by atoms with Crippen molar-refractivity contribution in [3.63, 3.8) is 0 Å². The van der Waals surface area contributed by atoms with Gasteiger partial charge in [0.2, 0.25) is 5.91 Å². The van der Waals surface area contributed by atoms with Crippen molar-refractivity contribution in [1.29, 1.82) is 0 Å².